The van der Waals surface area contributed by atoms with Crippen LogP contribution in [0.5, 0.6) is 23.0 Å². The molecule has 9 nitrogen and oxygen atoms in total. The van der Waals surface area contributed by atoms with Crippen LogP contribution in [0.25, 0.3) is 0 Å². The second-order valence-corrected chi connectivity index (χ2v) is 10.6. The van der Waals surface area contributed by atoms with Gasteiger partial charge in [-0.3, -0.25) is 9.59 Å². The fourth-order valence-electron chi connectivity index (χ4n) is 4.11. The molecule has 0 bridgehead atoms. The summed E-state index contributed by atoms with van der Waals surface area (Å²) in [7, 11) is 1.50. The Balaban J connectivity index is 1.36. The summed E-state index contributed by atoms with van der Waals surface area (Å²) < 4.78 is 23.4. The molecular formula is C34H34BrN3O6. The van der Waals surface area contributed by atoms with Crippen LogP contribution in [0.4, 0.5) is 5.69 Å². The lowest BCUT2D eigenvalue weighted by Gasteiger charge is -2.14. The van der Waals surface area contributed by atoms with Gasteiger partial charge in [-0.05, 0) is 101 Å². The molecule has 2 amide bonds. The zero-order chi connectivity index (χ0) is 31.5. The summed E-state index contributed by atoms with van der Waals surface area (Å²) in [6, 6.07) is 23.9. The van der Waals surface area contributed by atoms with E-state index in [1.165, 1.54) is 13.3 Å². The molecule has 0 aromatic heterocycles. The third-order valence-electron chi connectivity index (χ3n) is 6.51. The number of hydrogen-bond donors (Lipinski definition) is 2. The van der Waals surface area contributed by atoms with Crippen LogP contribution in [0.1, 0.15) is 39.5 Å². The van der Waals surface area contributed by atoms with Gasteiger partial charge in [0, 0.05) is 11.3 Å². The first-order chi connectivity index (χ1) is 21.3. The number of nitrogens with zero attached hydrogens (tertiary/aromatic N) is 1. The number of nitrogens with one attached hydrogen (secondary N) is 2. The minimum atomic E-state index is -0.419. The molecule has 0 saturated heterocycles. The molecule has 4 aromatic rings. The van der Waals surface area contributed by atoms with Gasteiger partial charge in [0.05, 0.1) is 24.4 Å². The van der Waals surface area contributed by atoms with Crippen LogP contribution in [0, 0.1) is 13.8 Å². The molecule has 0 aliphatic carbocycles. The molecular weight excluding hydrogens is 626 g/mol. The van der Waals surface area contributed by atoms with Crippen molar-refractivity contribution in [3.05, 3.63) is 111 Å². The number of methoxy groups -OCH3 is 1. The highest BCUT2D eigenvalue weighted by molar-refractivity contribution is 9.10. The van der Waals surface area contributed by atoms with Crippen LogP contribution in [0.3, 0.4) is 0 Å². The smallest absolute Gasteiger partial charge is 0.271 e. The molecule has 228 valence electrons. The molecule has 0 unspecified atom stereocenters. The quantitative estimate of drug-likeness (QED) is 0.120. The van der Waals surface area contributed by atoms with Crippen LogP contribution in [-0.2, 0) is 11.4 Å². The Bertz CT molecular complexity index is 1640. The Morgan fingerprint density at radius 3 is 2.39 bits per heavy atom. The van der Waals surface area contributed by atoms with Crippen LogP contribution in [-0.4, -0.2) is 38.4 Å². The van der Waals surface area contributed by atoms with Crippen molar-refractivity contribution in [2.24, 2.45) is 5.10 Å². The minimum absolute atomic E-state index is 0.217. The van der Waals surface area contributed by atoms with Gasteiger partial charge in [-0.2, -0.15) is 5.10 Å². The van der Waals surface area contributed by atoms with E-state index in [2.05, 4.69) is 31.8 Å². The summed E-state index contributed by atoms with van der Waals surface area (Å²) >= 11 is 3.48. The van der Waals surface area contributed by atoms with Gasteiger partial charge in [0.1, 0.15) is 6.61 Å². The van der Waals surface area contributed by atoms with E-state index in [0.29, 0.717) is 57.5 Å². The number of halogens is 1. The first kappa shape index (κ1) is 32.1. The van der Waals surface area contributed by atoms with Crippen molar-refractivity contribution < 1.29 is 28.5 Å². The third kappa shape index (κ3) is 8.84. The van der Waals surface area contributed by atoms with E-state index in [9.17, 15) is 9.59 Å². The first-order valence-electron chi connectivity index (χ1n) is 13.9. The highest BCUT2D eigenvalue weighted by atomic mass is 79.9. The largest absolute Gasteiger partial charge is 0.493 e. The molecule has 0 saturated carbocycles. The summed E-state index contributed by atoms with van der Waals surface area (Å²) in [6.45, 7) is 6.43. The van der Waals surface area contributed by atoms with Crippen LogP contribution >= 0.6 is 15.9 Å². The number of amides is 2. The predicted molar refractivity (Wildman–Crippen MR) is 174 cm³/mol. The molecule has 0 spiro atoms. The molecule has 0 aliphatic heterocycles. The lowest BCUT2D eigenvalue weighted by Crippen LogP contribution is -2.20. The average molecular weight is 661 g/mol. The van der Waals surface area contributed by atoms with Gasteiger partial charge in [0.2, 0.25) is 0 Å². The molecule has 0 aliphatic rings. The Labute approximate surface area is 265 Å². The highest BCUT2D eigenvalue weighted by Crippen LogP contribution is 2.36. The zero-order valence-electron chi connectivity index (χ0n) is 25.0. The lowest BCUT2D eigenvalue weighted by molar-refractivity contribution is -0.118. The molecule has 0 radical (unpaired) electrons. The lowest BCUT2D eigenvalue weighted by atomic mass is 10.1. The van der Waals surface area contributed by atoms with Gasteiger partial charge < -0.3 is 24.3 Å². The maximum atomic E-state index is 12.8. The number of ether oxygens (including phenoxy) is 4. The van der Waals surface area contributed by atoms with Crippen molar-refractivity contribution in [3.8, 4) is 23.0 Å². The highest BCUT2D eigenvalue weighted by Gasteiger charge is 2.15. The number of rotatable bonds is 13. The molecule has 4 rings (SSSR count). The van der Waals surface area contributed by atoms with E-state index in [1.807, 2.05) is 69.3 Å². The minimum Gasteiger partial charge on any atom is -0.493 e. The average Bonchev–Trinajstić information content (AvgIpc) is 3.02. The van der Waals surface area contributed by atoms with Gasteiger partial charge in [-0.15, -0.1) is 0 Å². The molecule has 2 N–H and O–H groups in total. The van der Waals surface area contributed by atoms with Crippen molar-refractivity contribution in [2.75, 3.05) is 25.6 Å². The summed E-state index contributed by atoms with van der Waals surface area (Å²) in [6.07, 6.45) is 1.47. The Kier molecular flexibility index (Phi) is 11.4. The molecule has 44 heavy (non-hydrogen) atoms. The predicted octanol–water partition coefficient (Wildman–Crippen LogP) is 6.83. The molecule has 0 atom stereocenters. The van der Waals surface area contributed by atoms with E-state index >= 15 is 0 Å². The van der Waals surface area contributed by atoms with Crippen molar-refractivity contribution in [3.63, 3.8) is 0 Å². The molecule has 0 fully saturated rings. The maximum absolute atomic E-state index is 12.8. The first-order valence-corrected chi connectivity index (χ1v) is 14.7. The van der Waals surface area contributed by atoms with Crippen molar-refractivity contribution in [2.45, 2.75) is 27.4 Å². The molecule has 4 aromatic carbocycles. The summed E-state index contributed by atoms with van der Waals surface area (Å²) in [5.74, 6) is 1.03. The fourth-order valence-corrected chi connectivity index (χ4v) is 4.68. The number of hydrogen-bond acceptors (Lipinski definition) is 7. The summed E-state index contributed by atoms with van der Waals surface area (Å²) in [5, 5.41) is 6.93. The third-order valence-corrected chi connectivity index (χ3v) is 7.10. The standard InChI is InChI=1S/C34H34BrN3O6/c1-5-42-30-18-26(12-14-29(30)43-20-24-9-7-6-8-10-24)34(40)38-36-19-25-16-28(35)33(31(17-25)41-4)44-21-32(39)37-27-13-11-22(2)23(3)15-27/h6-19H,5,20-21H2,1-4H3,(H,37,39)(H,38,40)/b36-19+. The van der Waals surface area contributed by atoms with E-state index in [0.717, 1.165) is 16.7 Å². The van der Waals surface area contributed by atoms with Gasteiger partial charge in [-0.1, -0.05) is 36.4 Å². The second-order valence-electron chi connectivity index (χ2n) is 9.74. The monoisotopic (exact) mass is 659 g/mol. The number of carbonyl (C=O) groups is 2. The number of anilines is 1. The number of hydrazone groups is 1. The van der Waals surface area contributed by atoms with Crippen LogP contribution in [0.15, 0.2) is 88.4 Å². The topological polar surface area (TPSA) is 107 Å². The van der Waals surface area contributed by atoms with Crippen molar-refractivity contribution >= 4 is 39.6 Å². The Hall–Kier alpha value is -4.83. The van der Waals surface area contributed by atoms with E-state index in [-0.39, 0.29) is 12.5 Å². The van der Waals surface area contributed by atoms with Crippen molar-refractivity contribution in [1.82, 2.24) is 5.43 Å². The molecule has 0 heterocycles. The van der Waals surface area contributed by atoms with Crippen LogP contribution < -0.4 is 29.7 Å². The van der Waals surface area contributed by atoms with E-state index in [1.54, 1.807) is 30.3 Å². The Morgan fingerprint density at radius 1 is 0.864 bits per heavy atom. The van der Waals surface area contributed by atoms with Gasteiger partial charge >= 0.3 is 0 Å². The molecule has 10 heteroatoms. The fraction of sp³-hybridized carbons (Fsp3) is 0.206. The number of carbonyl (C=O) groups excluding carboxylic acids is 2. The number of aryl methyl sites for hydroxylation is 2. The van der Waals surface area contributed by atoms with Gasteiger partial charge in [-0.25, -0.2) is 5.43 Å². The number of benzene rings is 4. The SMILES string of the molecule is CCOc1cc(C(=O)N/N=C/c2cc(Br)c(OCC(=O)Nc3ccc(C)c(C)c3)c(OC)c2)ccc1OCc1ccccc1. The van der Waals surface area contributed by atoms with E-state index in [4.69, 9.17) is 18.9 Å². The maximum Gasteiger partial charge on any atom is 0.271 e. The second kappa shape index (κ2) is 15.6. The van der Waals surface area contributed by atoms with Crippen LogP contribution in [0.2, 0.25) is 0 Å². The van der Waals surface area contributed by atoms with Gasteiger partial charge in [0.15, 0.2) is 29.6 Å². The summed E-state index contributed by atoms with van der Waals surface area (Å²) in [4.78, 5) is 25.3. The van der Waals surface area contributed by atoms with E-state index < -0.39 is 5.91 Å². The Morgan fingerprint density at radius 2 is 1.66 bits per heavy atom. The zero-order valence-corrected chi connectivity index (χ0v) is 26.6. The van der Waals surface area contributed by atoms with Gasteiger partial charge in [0.25, 0.3) is 11.8 Å². The van der Waals surface area contributed by atoms with Crippen molar-refractivity contribution in [1.29, 1.82) is 0 Å². The normalized spacial score (nSPS) is 10.8. The summed E-state index contributed by atoms with van der Waals surface area (Å²) in [5.41, 5.74) is 7.46.